The SMILES string of the molecule is CCc1cc(=O)oc2c(C)c(O[C@@H](C)C(=O)NCCc3c[nH]c4ccccc34)ccc12. The maximum absolute atomic E-state index is 12.6. The minimum atomic E-state index is -0.680. The summed E-state index contributed by atoms with van der Waals surface area (Å²) in [6.45, 7) is 6.06. The van der Waals surface area contributed by atoms with Crippen LogP contribution in [-0.4, -0.2) is 23.5 Å². The molecule has 4 aromatic rings. The molecule has 160 valence electrons. The van der Waals surface area contributed by atoms with Crippen LogP contribution in [0.5, 0.6) is 5.75 Å². The molecule has 1 amide bonds. The van der Waals surface area contributed by atoms with Crippen molar-refractivity contribution in [3.8, 4) is 5.75 Å². The third kappa shape index (κ3) is 4.19. The van der Waals surface area contributed by atoms with E-state index in [9.17, 15) is 9.59 Å². The lowest BCUT2D eigenvalue weighted by Gasteiger charge is -2.17. The molecule has 0 saturated heterocycles. The van der Waals surface area contributed by atoms with E-state index in [4.69, 9.17) is 9.15 Å². The van der Waals surface area contributed by atoms with Gasteiger partial charge in [-0.3, -0.25) is 4.79 Å². The minimum Gasteiger partial charge on any atom is -0.480 e. The number of ether oxygens (including phenoxy) is 1. The van der Waals surface area contributed by atoms with Gasteiger partial charge in [0.05, 0.1) is 0 Å². The predicted molar refractivity (Wildman–Crippen MR) is 122 cm³/mol. The highest BCUT2D eigenvalue weighted by molar-refractivity contribution is 5.86. The van der Waals surface area contributed by atoms with E-state index >= 15 is 0 Å². The van der Waals surface area contributed by atoms with E-state index in [1.807, 2.05) is 50.4 Å². The first-order chi connectivity index (χ1) is 15.0. The van der Waals surface area contributed by atoms with Crippen molar-refractivity contribution in [1.82, 2.24) is 10.3 Å². The summed E-state index contributed by atoms with van der Waals surface area (Å²) in [6, 6.07) is 13.3. The molecule has 4 rings (SSSR count). The summed E-state index contributed by atoms with van der Waals surface area (Å²) in [7, 11) is 0. The molecule has 1 atom stereocenters. The molecule has 0 spiro atoms. The molecule has 0 fully saturated rings. The fourth-order valence-electron chi connectivity index (χ4n) is 3.87. The molecule has 0 radical (unpaired) electrons. The average molecular weight is 418 g/mol. The van der Waals surface area contributed by atoms with Crippen molar-refractivity contribution in [3.63, 3.8) is 0 Å². The molecule has 2 N–H and O–H groups in total. The number of hydrogen-bond donors (Lipinski definition) is 2. The predicted octanol–water partition coefficient (Wildman–Crippen LogP) is 4.27. The highest BCUT2D eigenvalue weighted by Gasteiger charge is 2.18. The first-order valence-electron chi connectivity index (χ1n) is 10.5. The molecule has 6 heteroatoms. The maximum atomic E-state index is 12.6. The number of aryl methyl sites for hydroxylation is 2. The number of para-hydroxylation sites is 1. The number of hydrogen-bond acceptors (Lipinski definition) is 4. The molecule has 6 nitrogen and oxygen atoms in total. The second-order valence-electron chi connectivity index (χ2n) is 7.67. The van der Waals surface area contributed by atoms with Gasteiger partial charge < -0.3 is 19.5 Å². The Labute approximate surface area is 180 Å². The Hall–Kier alpha value is -3.54. The van der Waals surface area contributed by atoms with Crippen LogP contribution in [0.2, 0.25) is 0 Å². The second-order valence-corrected chi connectivity index (χ2v) is 7.67. The van der Waals surface area contributed by atoms with E-state index < -0.39 is 6.10 Å². The maximum Gasteiger partial charge on any atom is 0.336 e. The summed E-state index contributed by atoms with van der Waals surface area (Å²) in [5, 5.41) is 5.00. The summed E-state index contributed by atoms with van der Waals surface area (Å²) in [5.74, 6) is 0.339. The Morgan fingerprint density at radius 3 is 2.77 bits per heavy atom. The highest BCUT2D eigenvalue weighted by Crippen LogP contribution is 2.29. The first-order valence-corrected chi connectivity index (χ1v) is 10.5. The third-order valence-electron chi connectivity index (χ3n) is 5.62. The van der Waals surface area contributed by atoms with Crippen molar-refractivity contribution >= 4 is 27.8 Å². The van der Waals surface area contributed by atoms with Crippen molar-refractivity contribution in [1.29, 1.82) is 0 Å². The molecule has 31 heavy (non-hydrogen) atoms. The van der Waals surface area contributed by atoms with Gasteiger partial charge in [0.2, 0.25) is 0 Å². The fourth-order valence-corrected chi connectivity index (χ4v) is 3.87. The van der Waals surface area contributed by atoms with Crippen LogP contribution in [0.25, 0.3) is 21.9 Å². The van der Waals surface area contributed by atoms with Crippen LogP contribution in [0.15, 0.2) is 57.9 Å². The largest absolute Gasteiger partial charge is 0.480 e. The van der Waals surface area contributed by atoms with Crippen LogP contribution in [0.1, 0.15) is 30.5 Å². The number of carbonyl (C=O) groups is 1. The number of aromatic nitrogens is 1. The molecule has 0 aliphatic carbocycles. The molecular formula is C25H26N2O4. The molecular weight excluding hydrogens is 392 g/mol. The van der Waals surface area contributed by atoms with Gasteiger partial charge in [0.25, 0.3) is 5.91 Å². The van der Waals surface area contributed by atoms with Gasteiger partial charge >= 0.3 is 5.63 Å². The second kappa shape index (κ2) is 8.68. The quantitative estimate of drug-likeness (QED) is 0.439. The van der Waals surface area contributed by atoms with E-state index in [2.05, 4.69) is 16.4 Å². The topological polar surface area (TPSA) is 84.3 Å². The van der Waals surface area contributed by atoms with Crippen molar-refractivity contribution < 1.29 is 13.9 Å². The molecule has 0 unspecified atom stereocenters. The van der Waals surface area contributed by atoms with Crippen molar-refractivity contribution in [2.75, 3.05) is 6.54 Å². The van der Waals surface area contributed by atoms with Crippen LogP contribution >= 0.6 is 0 Å². The number of benzene rings is 2. The average Bonchev–Trinajstić information content (AvgIpc) is 3.18. The molecule has 0 aliphatic rings. The number of fused-ring (bicyclic) bond motifs is 2. The van der Waals surface area contributed by atoms with Gasteiger partial charge in [-0.2, -0.15) is 0 Å². The van der Waals surface area contributed by atoms with Gasteiger partial charge in [-0.05, 0) is 56.0 Å². The Bertz CT molecular complexity index is 1300. The van der Waals surface area contributed by atoms with E-state index in [1.54, 1.807) is 6.92 Å². The van der Waals surface area contributed by atoms with Crippen LogP contribution in [0.3, 0.4) is 0 Å². The molecule has 0 saturated carbocycles. The Balaban J connectivity index is 1.42. The van der Waals surface area contributed by atoms with Gasteiger partial charge in [-0.15, -0.1) is 0 Å². The van der Waals surface area contributed by atoms with Crippen LogP contribution < -0.4 is 15.7 Å². The number of aromatic amines is 1. The lowest BCUT2D eigenvalue weighted by molar-refractivity contribution is -0.127. The summed E-state index contributed by atoms with van der Waals surface area (Å²) < 4.78 is 11.3. The third-order valence-corrected chi connectivity index (χ3v) is 5.62. The summed E-state index contributed by atoms with van der Waals surface area (Å²) in [6.07, 6.45) is 2.76. The standard InChI is InChI=1S/C25H26N2O4/c1-4-17-13-23(28)31-24-15(2)22(10-9-20(17)24)30-16(3)25(29)26-12-11-18-14-27-21-8-6-5-7-19(18)21/h5-10,13-14,16,27H,4,11-12H2,1-3H3,(H,26,29)/t16-/m0/s1. The van der Waals surface area contributed by atoms with Crippen molar-refractivity contribution in [2.24, 2.45) is 0 Å². The van der Waals surface area contributed by atoms with Crippen molar-refractivity contribution in [3.05, 3.63) is 75.8 Å². The van der Waals surface area contributed by atoms with E-state index in [1.165, 1.54) is 11.5 Å². The van der Waals surface area contributed by atoms with E-state index in [0.29, 0.717) is 23.4 Å². The van der Waals surface area contributed by atoms with E-state index in [0.717, 1.165) is 34.9 Å². The highest BCUT2D eigenvalue weighted by atomic mass is 16.5. The zero-order valence-electron chi connectivity index (χ0n) is 18.0. The summed E-state index contributed by atoms with van der Waals surface area (Å²) >= 11 is 0. The number of rotatable bonds is 7. The number of H-pyrrole nitrogens is 1. The molecule has 0 aliphatic heterocycles. The van der Waals surface area contributed by atoms with Crippen LogP contribution in [0, 0.1) is 6.92 Å². The smallest absolute Gasteiger partial charge is 0.336 e. The Kier molecular flexibility index (Phi) is 5.80. The lowest BCUT2D eigenvalue weighted by atomic mass is 10.0. The van der Waals surface area contributed by atoms with E-state index in [-0.39, 0.29) is 11.5 Å². The Morgan fingerprint density at radius 1 is 1.16 bits per heavy atom. The minimum absolute atomic E-state index is 0.192. The Morgan fingerprint density at radius 2 is 1.97 bits per heavy atom. The fraction of sp³-hybridized carbons (Fsp3) is 0.280. The zero-order valence-corrected chi connectivity index (χ0v) is 18.0. The molecule has 2 heterocycles. The van der Waals surface area contributed by atoms with Crippen molar-refractivity contribution in [2.45, 2.75) is 39.7 Å². The molecule has 2 aromatic heterocycles. The number of nitrogens with one attached hydrogen (secondary N) is 2. The number of amides is 1. The van der Waals surface area contributed by atoms with Crippen LogP contribution in [0.4, 0.5) is 0 Å². The molecule has 0 bridgehead atoms. The zero-order chi connectivity index (χ0) is 22.0. The summed E-state index contributed by atoms with van der Waals surface area (Å²) in [5.41, 5.74) is 4.02. The van der Waals surface area contributed by atoms with Gasteiger partial charge in [-0.25, -0.2) is 4.79 Å². The monoisotopic (exact) mass is 418 g/mol. The molecule has 2 aromatic carbocycles. The number of carbonyl (C=O) groups excluding carboxylic acids is 1. The van der Waals surface area contributed by atoms with Gasteiger partial charge in [0.15, 0.2) is 6.10 Å². The van der Waals surface area contributed by atoms with Gasteiger partial charge in [-0.1, -0.05) is 25.1 Å². The van der Waals surface area contributed by atoms with Crippen LogP contribution in [-0.2, 0) is 17.6 Å². The lowest BCUT2D eigenvalue weighted by Crippen LogP contribution is -2.37. The van der Waals surface area contributed by atoms with Gasteiger partial charge in [0, 0.05) is 40.7 Å². The first kappa shape index (κ1) is 20.7. The normalized spacial score (nSPS) is 12.2. The summed E-state index contributed by atoms with van der Waals surface area (Å²) in [4.78, 5) is 27.7. The van der Waals surface area contributed by atoms with Gasteiger partial charge in [0.1, 0.15) is 11.3 Å².